The molecular formula is C19H22FNO2. The van der Waals surface area contributed by atoms with E-state index in [0.717, 1.165) is 24.4 Å². The number of hydrogen-bond donors (Lipinski definition) is 0. The van der Waals surface area contributed by atoms with Crippen LogP contribution in [-0.2, 0) is 11.3 Å². The van der Waals surface area contributed by atoms with Crippen molar-refractivity contribution < 1.29 is 13.9 Å². The SMILES string of the molecule is Fc1ccc(Oc2ccc(COCN3CCCCC3)cc2)cc1. The van der Waals surface area contributed by atoms with E-state index in [4.69, 9.17) is 9.47 Å². The van der Waals surface area contributed by atoms with Crippen LogP contribution in [-0.4, -0.2) is 24.7 Å². The van der Waals surface area contributed by atoms with Gasteiger partial charge < -0.3 is 9.47 Å². The fourth-order valence-corrected chi connectivity index (χ4v) is 2.67. The Bertz CT molecular complexity index is 592. The molecule has 0 amide bonds. The average Bonchev–Trinajstić information content (AvgIpc) is 2.59. The molecule has 2 aromatic carbocycles. The molecule has 0 spiro atoms. The van der Waals surface area contributed by atoms with Crippen LogP contribution in [0.25, 0.3) is 0 Å². The van der Waals surface area contributed by atoms with Crippen molar-refractivity contribution in [2.75, 3.05) is 19.8 Å². The minimum Gasteiger partial charge on any atom is -0.457 e. The third-order valence-electron chi connectivity index (χ3n) is 3.96. The van der Waals surface area contributed by atoms with E-state index in [1.54, 1.807) is 12.1 Å². The summed E-state index contributed by atoms with van der Waals surface area (Å²) in [6, 6.07) is 13.8. The molecule has 3 nitrogen and oxygen atoms in total. The van der Waals surface area contributed by atoms with Crippen molar-refractivity contribution >= 4 is 0 Å². The lowest BCUT2D eigenvalue weighted by molar-refractivity contribution is 0.00974. The molecule has 0 N–H and O–H groups in total. The maximum absolute atomic E-state index is 12.9. The summed E-state index contributed by atoms with van der Waals surface area (Å²) in [6.07, 6.45) is 3.89. The van der Waals surface area contributed by atoms with Gasteiger partial charge in [0.1, 0.15) is 17.3 Å². The third-order valence-corrected chi connectivity index (χ3v) is 3.96. The Balaban J connectivity index is 1.45. The maximum atomic E-state index is 12.9. The van der Waals surface area contributed by atoms with Gasteiger partial charge >= 0.3 is 0 Å². The Kier molecular flexibility index (Phi) is 5.61. The molecule has 23 heavy (non-hydrogen) atoms. The topological polar surface area (TPSA) is 21.7 Å². The van der Waals surface area contributed by atoms with E-state index in [1.807, 2.05) is 24.3 Å². The lowest BCUT2D eigenvalue weighted by Gasteiger charge is -2.25. The number of hydrogen-bond acceptors (Lipinski definition) is 3. The van der Waals surface area contributed by atoms with E-state index < -0.39 is 0 Å². The van der Waals surface area contributed by atoms with Crippen LogP contribution in [0.5, 0.6) is 11.5 Å². The van der Waals surface area contributed by atoms with E-state index in [1.165, 1.54) is 31.4 Å². The van der Waals surface area contributed by atoms with E-state index in [2.05, 4.69) is 4.90 Å². The molecule has 1 heterocycles. The summed E-state index contributed by atoms with van der Waals surface area (Å²) in [7, 11) is 0. The first kappa shape index (κ1) is 16.0. The van der Waals surface area contributed by atoms with Crippen molar-refractivity contribution in [1.29, 1.82) is 0 Å². The van der Waals surface area contributed by atoms with Crippen LogP contribution in [0.15, 0.2) is 48.5 Å². The van der Waals surface area contributed by atoms with Gasteiger partial charge in [-0.1, -0.05) is 18.6 Å². The quantitative estimate of drug-likeness (QED) is 0.779. The Morgan fingerprint density at radius 2 is 1.43 bits per heavy atom. The highest BCUT2D eigenvalue weighted by atomic mass is 19.1. The summed E-state index contributed by atoms with van der Waals surface area (Å²) < 4.78 is 24.3. The predicted molar refractivity (Wildman–Crippen MR) is 88.0 cm³/mol. The first-order chi connectivity index (χ1) is 11.3. The standard InChI is InChI=1S/C19H22FNO2/c20-17-6-10-19(11-7-17)23-18-8-4-16(5-9-18)14-22-15-21-12-2-1-3-13-21/h4-11H,1-3,12-15H2. The molecule has 2 aromatic rings. The number of piperidine rings is 1. The van der Waals surface area contributed by atoms with Gasteiger partial charge in [-0.2, -0.15) is 0 Å². The highest BCUT2D eigenvalue weighted by Crippen LogP contribution is 2.22. The highest BCUT2D eigenvalue weighted by Gasteiger charge is 2.09. The summed E-state index contributed by atoms with van der Waals surface area (Å²) in [5.74, 6) is 1.09. The first-order valence-corrected chi connectivity index (χ1v) is 8.12. The van der Waals surface area contributed by atoms with Gasteiger partial charge in [0.05, 0.1) is 13.3 Å². The van der Waals surface area contributed by atoms with E-state index in [-0.39, 0.29) is 5.82 Å². The second-order valence-corrected chi connectivity index (χ2v) is 5.86. The molecule has 1 fully saturated rings. The van der Waals surface area contributed by atoms with Crippen LogP contribution in [0.4, 0.5) is 4.39 Å². The van der Waals surface area contributed by atoms with Gasteiger partial charge in [0, 0.05) is 13.1 Å². The third kappa shape index (κ3) is 5.05. The van der Waals surface area contributed by atoms with Gasteiger partial charge in [-0.25, -0.2) is 4.39 Å². The predicted octanol–water partition coefficient (Wildman–Crippen LogP) is 4.58. The van der Waals surface area contributed by atoms with Crippen LogP contribution in [0.3, 0.4) is 0 Å². The summed E-state index contributed by atoms with van der Waals surface area (Å²) >= 11 is 0. The molecule has 0 unspecified atom stereocenters. The van der Waals surface area contributed by atoms with Crippen molar-refractivity contribution in [2.24, 2.45) is 0 Å². The molecule has 0 bridgehead atoms. The van der Waals surface area contributed by atoms with Crippen molar-refractivity contribution in [3.05, 3.63) is 59.9 Å². The van der Waals surface area contributed by atoms with Crippen LogP contribution in [0.1, 0.15) is 24.8 Å². The lowest BCUT2D eigenvalue weighted by atomic mass is 10.1. The molecule has 0 atom stereocenters. The van der Waals surface area contributed by atoms with Crippen molar-refractivity contribution in [1.82, 2.24) is 4.90 Å². The minimum atomic E-state index is -0.265. The molecule has 1 saturated heterocycles. The van der Waals surface area contributed by atoms with Gasteiger partial charge in [-0.15, -0.1) is 0 Å². The number of benzene rings is 2. The van der Waals surface area contributed by atoms with Gasteiger partial charge in [0.25, 0.3) is 0 Å². The largest absolute Gasteiger partial charge is 0.457 e. The first-order valence-electron chi connectivity index (χ1n) is 8.12. The number of ether oxygens (including phenoxy) is 2. The van der Waals surface area contributed by atoms with Crippen LogP contribution in [0.2, 0.25) is 0 Å². The van der Waals surface area contributed by atoms with Crippen LogP contribution in [0, 0.1) is 5.82 Å². The number of nitrogens with zero attached hydrogens (tertiary/aromatic N) is 1. The molecule has 1 aliphatic heterocycles. The summed E-state index contributed by atoms with van der Waals surface area (Å²) in [4.78, 5) is 2.36. The molecule has 0 aliphatic carbocycles. The Hall–Kier alpha value is -1.91. The molecule has 1 aliphatic rings. The number of halogens is 1. The number of likely N-dealkylation sites (tertiary alicyclic amines) is 1. The molecule has 122 valence electrons. The fraction of sp³-hybridized carbons (Fsp3) is 0.368. The second-order valence-electron chi connectivity index (χ2n) is 5.86. The smallest absolute Gasteiger partial charge is 0.127 e. The van der Waals surface area contributed by atoms with E-state index in [9.17, 15) is 4.39 Å². The Morgan fingerprint density at radius 1 is 0.826 bits per heavy atom. The van der Waals surface area contributed by atoms with E-state index in [0.29, 0.717) is 19.1 Å². The van der Waals surface area contributed by atoms with Gasteiger partial charge in [-0.3, -0.25) is 4.90 Å². The maximum Gasteiger partial charge on any atom is 0.127 e. The molecule has 0 radical (unpaired) electrons. The average molecular weight is 315 g/mol. The fourth-order valence-electron chi connectivity index (χ4n) is 2.67. The highest BCUT2D eigenvalue weighted by molar-refractivity contribution is 5.32. The van der Waals surface area contributed by atoms with E-state index >= 15 is 0 Å². The molecule has 0 aromatic heterocycles. The molecular weight excluding hydrogens is 293 g/mol. The van der Waals surface area contributed by atoms with Gasteiger partial charge in [0.15, 0.2) is 0 Å². The Morgan fingerprint density at radius 3 is 2.09 bits per heavy atom. The van der Waals surface area contributed by atoms with Gasteiger partial charge in [0.2, 0.25) is 0 Å². The summed E-state index contributed by atoms with van der Waals surface area (Å²) in [5, 5.41) is 0. The second kappa shape index (κ2) is 8.09. The van der Waals surface area contributed by atoms with Crippen LogP contribution >= 0.6 is 0 Å². The zero-order chi connectivity index (χ0) is 15.9. The zero-order valence-electron chi connectivity index (χ0n) is 13.2. The molecule has 0 saturated carbocycles. The van der Waals surface area contributed by atoms with Crippen molar-refractivity contribution in [2.45, 2.75) is 25.9 Å². The summed E-state index contributed by atoms with van der Waals surface area (Å²) in [6.45, 7) is 3.59. The minimum absolute atomic E-state index is 0.265. The van der Waals surface area contributed by atoms with Crippen molar-refractivity contribution in [3.8, 4) is 11.5 Å². The number of rotatable bonds is 6. The molecule has 3 rings (SSSR count). The Labute approximate surface area is 136 Å². The normalized spacial score (nSPS) is 15.5. The lowest BCUT2D eigenvalue weighted by Crippen LogP contribution is -2.31. The zero-order valence-corrected chi connectivity index (χ0v) is 13.2. The monoisotopic (exact) mass is 315 g/mol. The molecule has 4 heteroatoms. The van der Waals surface area contributed by atoms with Crippen LogP contribution < -0.4 is 4.74 Å². The van der Waals surface area contributed by atoms with Gasteiger partial charge in [-0.05, 0) is 54.8 Å². The summed E-state index contributed by atoms with van der Waals surface area (Å²) in [5.41, 5.74) is 1.12. The van der Waals surface area contributed by atoms with Crippen molar-refractivity contribution in [3.63, 3.8) is 0 Å².